The molecule has 0 spiro atoms. The smallest absolute Gasteiger partial charge is 0.459 e. The molecule has 47 heavy (non-hydrogen) atoms. The second-order valence-corrected chi connectivity index (χ2v) is 14.0. The molecule has 0 bridgehead atoms. The van der Waals surface area contributed by atoms with Crippen LogP contribution in [0.25, 0.3) is 5.52 Å². The second-order valence-electron chi connectivity index (χ2n) is 12.3. The number of nitrogen functional groups attached to an aromatic ring is 1. The highest BCUT2D eigenvalue weighted by Gasteiger charge is 2.59. The average Bonchev–Trinajstić information content (AvgIpc) is 3.53. The summed E-state index contributed by atoms with van der Waals surface area (Å²) in [6, 6.07) is 9.18. The lowest BCUT2D eigenvalue weighted by atomic mass is 9.87. The summed E-state index contributed by atoms with van der Waals surface area (Å²) in [6.07, 6.45) is -2.33. The molecule has 2 aromatic heterocycles. The number of carbonyl (C=O) groups is 3. The molecule has 3 N–H and O–H groups in total. The Morgan fingerprint density at radius 3 is 2.36 bits per heavy atom. The van der Waals surface area contributed by atoms with Crippen molar-refractivity contribution in [2.24, 2.45) is 0 Å². The third-order valence-corrected chi connectivity index (χ3v) is 9.18. The van der Waals surface area contributed by atoms with E-state index in [4.69, 9.17) is 33.7 Å². The van der Waals surface area contributed by atoms with Crippen LogP contribution in [0.15, 0.2) is 42.7 Å². The summed E-state index contributed by atoms with van der Waals surface area (Å²) < 4.78 is 50.4. The molecule has 1 unspecified atom stereocenters. The van der Waals surface area contributed by atoms with Crippen LogP contribution in [0.2, 0.25) is 0 Å². The predicted molar refractivity (Wildman–Crippen MR) is 169 cm³/mol. The summed E-state index contributed by atoms with van der Waals surface area (Å²) >= 11 is 0. The molecule has 1 aliphatic rings. The zero-order chi connectivity index (χ0) is 34.7. The number of fused-ring (bicyclic) bond motifs is 1. The van der Waals surface area contributed by atoms with E-state index in [1.54, 1.807) is 38.1 Å². The Bertz CT molecular complexity index is 1660. The number of nitrogens with two attached hydrogens (primary N) is 1. The van der Waals surface area contributed by atoms with Gasteiger partial charge in [-0.1, -0.05) is 32.9 Å². The Morgan fingerprint density at radius 1 is 1.11 bits per heavy atom. The van der Waals surface area contributed by atoms with E-state index >= 15 is 0 Å². The number of ether oxygens (including phenoxy) is 4. The summed E-state index contributed by atoms with van der Waals surface area (Å²) in [5.41, 5.74) is 6.30. The first-order valence-corrected chi connectivity index (χ1v) is 16.6. The van der Waals surface area contributed by atoms with Gasteiger partial charge in [-0.25, -0.2) is 14.1 Å². The summed E-state index contributed by atoms with van der Waals surface area (Å²) in [7, 11) is -4.36. The molecule has 15 nitrogen and oxygen atoms in total. The molecule has 0 saturated carbocycles. The number of benzene rings is 1. The number of hydrogen-bond donors (Lipinski definition) is 2. The number of nitrogens with zero attached hydrogens (tertiary/aromatic N) is 3. The lowest BCUT2D eigenvalue weighted by Crippen LogP contribution is -2.45. The van der Waals surface area contributed by atoms with Gasteiger partial charge in [0.05, 0.1) is 18.9 Å². The monoisotopic (exact) mass is 675 g/mol. The molecule has 0 radical (unpaired) electrons. The molecular formula is C31H42N5O10P. The summed E-state index contributed by atoms with van der Waals surface area (Å²) in [5.74, 6) is -1.64. The molecular weight excluding hydrogens is 633 g/mol. The first-order valence-electron chi connectivity index (χ1n) is 15.1. The van der Waals surface area contributed by atoms with Crippen LogP contribution in [-0.4, -0.2) is 70.1 Å². The van der Waals surface area contributed by atoms with Gasteiger partial charge in [0, 0.05) is 13.8 Å². The standard InChI is InChI=1S/C31H42N5O10P/c1-9-41-29(39)18(2)35-47(40,46-22-12-10-21(11-13-22)30(5,6)7)42-16-24-26(43-19(3)37)27(44-20(4)38)31(8,45-24)25-15-14-23-28(32)33-17-34-36(23)25/h10-15,17-18,24,26-27H,9,16H2,1-8H3,(H,35,40)(H2,32,33,34)/t18-,24+,26+,27+,31-,47?/m0/s1. The molecule has 1 aromatic carbocycles. The van der Waals surface area contributed by atoms with E-state index in [2.05, 4.69) is 35.9 Å². The lowest BCUT2D eigenvalue weighted by molar-refractivity contribution is -0.168. The Morgan fingerprint density at radius 2 is 1.77 bits per heavy atom. The minimum atomic E-state index is -4.36. The van der Waals surface area contributed by atoms with Gasteiger partial charge in [-0.15, -0.1) is 0 Å². The van der Waals surface area contributed by atoms with Gasteiger partial charge in [0.25, 0.3) is 0 Å². The molecule has 3 aromatic rings. The number of aromatic nitrogens is 3. The zero-order valence-corrected chi connectivity index (χ0v) is 28.6. The van der Waals surface area contributed by atoms with Crippen molar-refractivity contribution in [3.63, 3.8) is 0 Å². The fourth-order valence-corrected chi connectivity index (χ4v) is 6.78. The molecule has 0 aliphatic carbocycles. The van der Waals surface area contributed by atoms with Gasteiger partial charge < -0.3 is 29.2 Å². The summed E-state index contributed by atoms with van der Waals surface area (Å²) in [4.78, 5) is 41.1. The number of carbonyl (C=O) groups excluding carboxylic acids is 3. The maximum Gasteiger partial charge on any atom is 0.459 e. The van der Waals surface area contributed by atoms with Gasteiger partial charge in [0.1, 0.15) is 35.3 Å². The quantitative estimate of drug-likeness (QED) is 0.160. The van der Waals surface area contributed by atoms with Crippen LogP contribution in [0.5, 0.6) is 5.75 Å². The minimum Gasteiger partial charge on any atom is -0.465 e. The van der Waals surface area contributed by atoms with E-state index in [0.29, 0.717) is 11.2 Å². The molecule has 0 amide bonds. The van der Waals surface area contributed by atoms with Crippen molar-refractivity contribution in [1.29, 1.82) is 0 Å². The number of hydrogen-bond acceptors (Lipinski definition) is 13. The van der Waals surface area contributed by atoms with Crippen LogP contribution in [0, 0.1) is 0 Å². The Balaban J connectivity index is 1.70. The fraction of sp³-hybridized carbons (Fsp3) is 0.516. The topological polar surface area (TPSA) is 192 Å². The van der Waals surface area contributed by atoms with Crippen molar-refractivity contribution in [3.8, 4) is 5.75 Å². The van der Waals surface area contributed by atoms with E-state index < -0.39 is 62.2 Å². The Hall–Kier alpha value is -4.04. The minimum absolute atomic E-state index is 0.103. The molecule has 256 valence electrons. The first kappa shape index (κ1) is 35.8. The largest absolute Gasteiger partial charge is 0.465 e. The Kier molecular flexibility index (Phi) is 10.7. The highest BCUT2D eigenvalue weighted by atomic mass is 31.2. The first-order chi connectivity index (χ1) is 22.0. The van der Waals surface area contributed by atoms with Crippen molar-refractivity contribution in [2.45, 2.75) is 90.8 Å². The van der Waals surface area contributed by atoms with Gasteiger partial charge in [0.15, 0.2) is 18.0 Å². The zero-order valence-electron chi connectivity index (χ0n) is 27.7. The number of anilines is 1. The van der Waals surface area contributed by atoms with E-state index in [0.717, 1.165) is 5.56 Å². The van der Waals surface area contributed by atoms with Crippen molar-refractivity contribution in [1.82, 2.24) is 19.7 Å². The highest BCUT2D eigenvalue weighted by molar-refractivity contribution is 7.52. The SMILES string of the molecule is CCOC(=O)[C@H](C)NP(=O)(OC[C@H]1O[C@@](C)(c2ccc3c(N)ncnn23)[C@H](OC(C)=O)[C@@H]1OC(C)=O)Oc1ccc(C(C)(C)C)cc1. The molecule has 1 fully saturated rings. The second kappa shape index (κ2) is 14.0. The summed E-state index contributed by atoms with van der Waals surface area (Å²) in [6.45, 7) is 12.9. The van der Waals surface area contributed by atoms with Crippen LogP contribution in [0.1, 0.15) is 66.6 Å². The van der Waals surface area contributed by atoms with Crippen molar-refractivity contribution >= 4 is 37.0 Å². The molecule has 1 saturated heterocycles. The van der Waals surface area contributed by atoms with Gasteiger partial charge in [-0.05, 0) is 56.0 Å². The molecule has 1 aliphatic heterocycles. The van der Waals surface area contributed by atoms with Gasteiger partial charge in [-0.3, -0.25) is 18.9 Å². The molecule has 16 heteroatoms. The normalized spacial score (nSPS) is 23.1. The van der Waals surface area contributed by atoms with Crippen LogP contribution in [0.4, 0.5) is 5.82 Å². The van der Waals surface area contributed by atoms with Gasteiger partial charge in [-0.2, -0.15) is 10.2 Å². The number of nitrogens with one attached hydrogen (secondary N) is 1. The maximum atomic E-state index is 14.3. The van der Waals surface area contributed by atoms with Crippen molar-refractivity contribution in [3.05, 3.63) is 54.0 Å². The molecule has 3 heterocycles. The third-order valence-electron chi connectivity index (χ3n) is 7.54. The van der Waals surface area contributed by atoms with Crippen molar-refractivity contribution < 1.29 is 46.9 Å². The van der Waals surface area contributed by atoms with Crippen molar-refractivity contribution in [2.75, 3.05) is 18.9 Å². The van der Waals surface area contributed by atoms with E-state index in [9.17, 15) is 18.9 Å². The van der Waals surface area contributed by atoms with E-state index in [-0.39, 0.29) is 23.6 Å². The third kappa shape index (κ3) is 8.10. The van der Waals surface area contributed by atoms with E-state index in [1.807, 2.05) is 12.1 Å². The highest BCUT2D eigenvalue weighted by Crippen LogP contribution is 2.48. The summed E-state index contributed by atoms with van der Waals surface area (Å²) in [5, 5.41) is 6.91. The number of rotatable bonds is 12. The van der Waals surface area contributed by atoms with Gasteiger partial charge in [0.2, 0.25) is 0 Å². The Labute approximate surface area is 273 Å². The van der Waals surface area contributed by atoms with Crippen LogP contribution < -0.4 is 15.3 Å². The maximum absolute atomic E-state index is 14.3. The average molecular weight is 676 g/mol. The van der Waals surface area contributed by atoms with Gasteiger partial charge >= 0.3 is 25.7 Å². The number of esters is 3. The van der Waals surface area contributed by atoms with E-state index in [1.165, 1.54) is 31.6 Å². The van der Waals surface area contributed by atoms with Crippen LogP contribution >= 0.6 is 7.75 Å². The molecule has 4 rings (SSSR count). The van der Waals surface area contributed by atoms with Crippen LogP contribution in [0.3, 0.4) is 0 Å². The van der Waals surface area contributed by atoms with Crippen LogP contribution in [-0.2, 0) is 53.4 Å². The lowest BCUT2D eigenvalue weighted by Gasteiger charge is -2.30. The fourth-order valence-electron chi connectivity index (χ4n) is 5.28. The molecule has 6 atom stereocenters. The predicted octanol–water partition coefficient (Wildman–Crippen LogP) is 3.83.